The lowest BCUT2D eigenvalue weighted by atomic mass is 10.3. The molecule has 0 spiro atoms. The van der Waals surface area contributed by atoms with Gasteiger partial charge in [-0.3, -0.25) is 9.79 Å². The first kappa shape index (κ1) is 11.4. The van der Waals surface area contributed by atoms with Gasteiger partial charge in [0.1, 0.15) is 12.3 Å². The van der Waals surface area contributed by atoms with Gasteiger partial charge < -0.3 is 10.2 Å². The molecule has 0 heterocycles. The molecule has 0 aromatic carbocycles. The number of allylic oxidation sites excluding steroid dienone is 1. The number of hydrogen-bond donors (Lipinski definition) is 2. The van der Waals surface area contributed by atoms with Gasteiger partial charge in [-0.1, -0.05) is 13.0 Å². The molecule has 5 heteroatoms. The minimum Gasteiger partial charge on any atom is -0.480 e. The summed E-state index contributed by atoms with van der Waals surface area (Å²) in [5, 5.41) is 16.8. The maximum atomic E-state index is 10.4. The molecule has 0 rings (SSSR count). The van der Waals surface area contributed by atoms with Crippen LogP contribution in [-0.2, 0) is 9.59 Å². The molecular weight excluding hydrogens is 174 g/mol. The number of nitrogens with zero attached hydrogens (tertiary/aromatic N) is 1. The molecule has 0 aliphatic carbocycles. The summed E-state index contributed by atoms with van der Waals surface area (Å²) in [5.41, 5.74) is -0.232. The fraction of sp³-hybridized carbons (Fsp3) is 0.375. The zero-order valence-electron chi connectivity index (χ0n) is 7.23. The molecule has 0 radical (unpaired) electrons. The van der Waals surface area contributed by atoms with Crippen molar-refractivity contribution < 1.29 is 19.8 Å². The second kappa shape index (κ2) is 5.93. The Morgan fingerprint density at radius 3 is 2.38 bits per heavy atom. The quantitative estimate of drug-likeness (QED) is 0.613. The third-order valence-corrected chi connectivity index (χ3v) is 1.12. The molecular formula is C8H11NO4. The van der Waals surface area contributed by atoms with Crippen molar-refractivity contribution in [1.82, 2.24) is 0 Å². The molecule has 0 bridgehead atoms. The van der Waals surface area contributed by atoms with Gasteiger partial charge in [0.2, 0.25) is 0 Å². The van der Waals surface area contributed by atoms with Crippen LogP contribution in [0.15, 0.2) is 17.1 Å². The molecule has 0 aromatic heterocycles. The number of aliphatic imine (C=N–C) groups is 1. The second-order valence-corrected chi connectivity index (χ2v) is 2.21. The molecule has 0 atom stereocenters. The van der Waals surface area contributed by atoms with Crippen LogP contribution in [-0.4, -0.2) is 34.4 Å². The Balaban J connectivity index is 4.41. The third-order valence-electron chi connectivity index (χ3n) is 1.12. The highest BCUT2D eigenvalue weighted by molar-refractivity contribution is 6.40. The molecule has 0 aliphatic heterocycles. The van der Waals surface area contributed by atoms with Crippen molar-refractivity contribution in [3.05, 3.63) is 12.2 Å². The summed E-state index contributed by atoms with van der Waals surface area (Å²) in [5.74, 6) is -2.37. The predicted molar refractivity (Wildman–Crippen MR) is 47.0 cm³/mol. The minimum atomic E-state index is -1.22. The molecule has 0 unspecified atom stereocenters. The van der Waals surface area contributed by atoms with E-state index in [0.717, 1.165) is 0 Å². The Morgan fingerprint density at radius 1 is 1.38 bits per heavy atom. The summed E-state index contributed by atoms with van der Waals surface area (Å²) in [6.45, 7) is 1.32. The van der Waals surface area contributed by atoms with Crippen molar-refractivity contribution in [3.8, 4) is 0 Å². The van der Waals surface area contributed by atoms with Crippen molar-refractivity contribution >= 4 is 17.7 Å². The van der Waals surface area contributed by atoms with Crippen LogP contribution in [0.3, 0.4) is 0 Å². The highest BCUT2D eigenvalue weighted by atomic mass is 16.4. The summed E-state index contributed by atoms with van der Waals surface area (Å²) in [4.78, 5) is 23.9. The van der Waals surface area contributed by atoms with Crippen molar-refractivity contribution in [3.63, 3.8) is 0 Å². The first-order chi connectivity index (χ1) is 6.07. The van der Waals surface area contributed by atoms with E-state index in [0.29, 0.717) is 6.42 Å². The standard InChI is InChI=1S/C8H11NO4/c1-2-3-4-6(8(12)13)9-5-7(10)11/h3-4H,2,5H2,1H3,(H,10,11)(H,12,13)/b4-3-,9-6+. The molecule has 0 saturated heterocycles. The van der Waals surface area contributed by atoms with Crippen LogP contribution < -0.4 is 0 Å². The first-order valence-electron chi connectivity index (χ1n) is 3.74. The van der Waals surface area contributed by atoms with Crippen molar-refractivity contribution in [2.45, 2.75) is 13.3 Å². The minimum absolute atomic E-state index is 0.232. The molecule has 0 amide bonds. The summed E-state index contributed by atoms with van der Waals surface area (Å²) in [6.07, 6.45) is 3.58. The fourth-order valence-electron chi connectivity index (χ4n) is 0.574. The Kier molecular flexibility index (Phi) is 5.18. The van der Waals surface area contributed by atoms with Gasteiger partial charge in [0, 0.05) is 0 Å². The first-order valence-corrected chi connectivity index (χ1v) is 3.74. The molecule has 5 nitrogen and oxygen atoms in total. The number of carboxylic acids is 2. The molecule has 0 saturated carbocycles. The van der Waals surface area contributed by atoms with E-state index in [-0.39, 0.29) is 5.71 Å². The fourth-order valence-corrected chi connectivity index (χ4v) is 0.574. The van der Waals surface area contributed by atoms with Gasteiger partial charge in [-0.15, -0.1) is 0 Å². The number of carbonyl (C=O) groups is 2. The van der Waals surface area contributed by atoms with Crippen LogP contribution in [0.2, 0.25) is 0 Å². The molecule has 0 aromatic rings. The largest absolute Gasteiger partial charge is 0.480 e. The van der Waals surface area contributed by atoms with Crippen LogP contribution in [0.5, 0.6) is 0 Å². The van der Waals surface area contributed by atoms with Crippen LogP contribution in [0.1, 0.15) is 13.3 Å². The average Bonchev–Trinajstić information content (AvgIpc) is 2.03. The molecule has 0 aliphatic rings. The van der Waals surface area contributed by atoms with Gasteiger partial charge in [-0.2, -0.15) is 0 Å². The van der Waals surface area contributed by atoms with E-state index in [1.807, 2.05) is 6.92 Å². The highest BCUT2D eigenvalue weighted by Crippen LogP contribution is 1.87. The number of hydrogen-bond acceptors (Lipinski definition) is 3. The van der Waals surface area contributed by atoms with Gasteiger partial charge in [0.15, 0.2) is 0 Å². The van der Waals surface area contributed by atoms with E-state index in [1.165, 1.54) is 6.08 Å². The van der Waals surface area contributed by atoms with E-state index >= 15 is 0 Å². The lowest BCUT2D eigenvalue weighted by molar-refractivity contribution is -0.135. The molecule has 72 valence electrons. The summed E-state index contributed by atoms with van der Waals surface area (Å²) >= 11 is 0. The summed E-state index contributed by atoms with van der Waals surface area (Å²) < 4.78 is 0. The molecule has 0 fully saturated rings. The van der Waals surface area contributed by atoms with E-state index < -0.39 is 18.5 Å². The van der Waals surface area contributed by atoms with Crippen LogP contribution in [0, 0.1) is 0 Å². The van der Waals surface area contributed by atoms with E-state index in [1.54, 1.807) is 6.08 Å². The Labute approximate surface area is 75.4 Å². The Morgan fingerprint density at radius 2 is 2.00 bits per heavy atom. The smallest absolute Gasteiger partial charge is 0.354 e. The lowest BCUT2D eigenvalue weighted by Crippen LogP contribution is -2.12. The van der Waals surface area contributed by atoms with E-state index in [2.05, 4.69) is 4.99 Å². The maximum Gasteiger partial charge on any atom is 0.354 e. The molecule has 13 heavy (non-hydrogen) atoms. The number of aliphatic carboxylic acids is 2. The van der Waals surface area contributed by atoms with Gasteiger partial charge >= 0.3 is 11.9 Å². The van der Waals surface area contributed by atoms with E-state index in [9.17, 15) is 9.59 Å². The van der Waals surface area contributed by atoms with E-state index in [4.69, 9.17) is 10.2 Å². The number of carboxylic acid groups (broad SMARTS) is 2. The molecule has 2 N–H and O–H groups in total. The monoisotopic (exact) mass is 185 g/mol. The normalized spacial score (nSPS) is 11.9. The Hall–Kier alpha value is -1.65. The third kappa shape index (κ3) is 5.60. The second-order valence-electron chi connectivity index (χ2n) is 2.21. The maximum absolute atomic E-state index is 10.4. The zero-order chi connectivity index (χ0) is 10.3. The predicted octanol–water partition coefficient (Wildman–Crippen LogP) is 0.563. The summed E-state index contributed by atoms with van der Waals surface area (Å²) in [7, 11) is 0. The van der Waals surface area contributed by atoms with Crippen LogP contribution >= 0.6 is 0 Å². The van der Waals surface area contributed by atoms with Gasteiger partial charge in [0.25, 0.3) is 0 Å². The van der Waals surface area contributed by atoms with Gasteiger partial charge in [0.05, 0.1) is 0 Å². The van der Waals surface area contributed by atoms with Crippen LogP contribution in [0.25, 0.3) is 0 Å². The zero-order valence-corrected chi connectivity index (χ0v) is 7.23. The van der Waals surface area contributed by atoms with Gasteiger partial charge in [-0.05, 0) is 12.5 Å². The number of rotatable bonds is 5. The van der Waals surface area contributed by atoms with Crippen molar-refractivity contribution in [2.24, 2.45) is 4.99 Å². The summed E-state index contributed by atoms with van der Waals surface area (Å²) in [6, 6.07) is 0. The van der Waals surface area contributed by atoms with Crippen LogP contribution in [0.4, 0.5) is 0 Å². The average molecular weight is 185 g/mol. The lowest BCUT2D eigenvalue weighted by Gasteiger charge is -1.92. The highest BCUT2D eigenvalue weighted by Gasteiger charge is 2.05. The Bertz CT molecular complexity index is 255. The van der Waals surface area contributed by atoms with Gasteiger partial charge in [-0.25, -0.2) is 4.79 Å². The SMILES string of the molecule is CC/C=C\C(=N/CC(=O)O)C(=O)O. The van der Waals surface area contributed by atoms with Crippen molar-refractivity contribution in [1.29, 1.82) is 0 Å². The van der Waals surface area contributed by atoms with Crippen molar-refractivity contribution in [2.75, 3.05) is 6.54 Å². The topological polar surface area (TPSA) is 87.0 Å².